The smallest absolute Gasteiger partial charge is 0.159 e. The van der Waals surface area contributed by atoms with Gasteiger partial charge in [-0.05, 0) is 37.8 Å². The van der Waals surface area contributed by atoms with Gasteiger partial charge in [-0.3, -0.25) is 0 Å². The standard InChI is InChI=1S/C23H27N5/c1-27-15-12-24-20(27)9-14-28-13-5-10-23(17-28)11-8-19-16-25-22(26-21(19)23)18-6-3-2-4-7-18/h2-4,6-7,12,15-16H,5,8-11,13-14,17H2,1H3. The third-order valence-electron chi connectivity index (χ3n) is 6.50. The zero-order chi connectivity index (χ0) is 19.0. The predicted molar refractivity (Wildman–Crippen MR) is 110 cm³/mol. The molecule has 5 nitrogen and oxygen atoms in total. The van der Waals surface area contributed by atoms with Crippen LogP contribution in [0.1, 0.15) is 36.3 Å². The van der Waals surface area contributed by atoms with Crippen molar-refractivity contribution in [3.8, 4) is 11.4 Å². The van der Waals surface area contributed by atoms with Gasteiger partial charge in [0.15, 0.2) is 5.82 Å². The number of piperidine rings is 1. The average molecular weight is 374 g/mol. The summed E-state index contributed by atoms with van der Waals surface area (Å²) in [5.41, 5.74) is 3.96. The SMILES string of the molecule is Cn1ccnc1CCN1CCCC2(CCc3cnc(-c4ccccc4)nc32)C1. The van der Waals surface area contributed by atoms with Gasteiger partial charge in [0.2, 0.25) is 0 Å². The summed E-state index contributed by atoms with van der Waals surface area (Å²) in [6.07, 6.45) is 11.8. The highest BCUT2D eigenvalue weighted by Crippen LogP contribution is 2.44. The number of rotatable bonds is 4. The topological polar surface area (TPSA) is 46.8 Å². The molecule has 3 heterocycles. The first-order chi connectivity index (χ1) is 13.7. The second-order valence-electron chi connectivity index (χ2n) is 8.30. The van der Waals surface area contributed by atoms with E-state index in [9.17, 15) is 0 Å². The van der Waals surface area contributed by atoms with E-state index in [0.717, 1.165) is 37.3 Å². The number of benzene rings is 1. The van der Waals surface area contributed by atoms with Gasteiger partial charge in [-0.1, -0.05) is 30.3 Å². The Morgan fingerprint density at radius 3 is 2.82 bits per heavy atom. The zero-order valence-corrected chi connectivity index (χ0v) is 16.5. The maximum absolute atomic E-state index is 5.10. The van der Waals surface area contributed by atoms with Crippen LogP contribution < -0.4 is 0 Å². The van der Waals surface area contributed by atoms with E-state index in [-0.39, 0.29) is 5.41 Å². The number of nitrogens with zero attached hydrogens (tertiary/aromatic N) is 5. The minimum Gasteiger partial charge on any atom is -0.338 e. The van der Waals surface area contributed by atoms with Crippen LogP contribution in [0.5, 0.6) is 0 Å². The third-order valence-corrected chi connectivity index (χ3v) is 6.50. The number of hydrogen-bond donors (Lipinski definition) is 0. The molecule has 1 fully saturated rings. The number of aromatic nitrogens is 4. The lowest BCUT2D eigenvalue weighted by molar-refractivity contribution is 0.144. The zero-order valence-electron chi connectivity index (χ0n) is 16.5. The highest BCUT2D eigenvalue weighted by molar-refractivity contribution is 5.55. The lowest BCUT2D eigenvalue weighted by Gasteiger charge is -2.40. The molecule has 2 aromatic heterocycles. The Bertz CT molecular complexity index is 960. The molecule has 1 aromatic carbocycles. The summed E-state index contributed by atoms with van der Waals surface area (Å²) >= 11 is 0. The van der Waals surface area contributed by atoms with Crippen molar-refractivity contribution in [1.82, 2.24) is 24.4 Å². The number of fused-ring (bicyclic) bond motifs is 2. The van der Waals surface area contributed by atoms with Crippen molar-refractivity contribution in [3.63, 3.8) is 0 Å². The molecule has 5 rings (SSSR count). The van der Waals surface area contributed by atoms with E-state index in [1.54, 1.807) is 0 Å². The monoisotopic (exact) mass is 373 g/mol. The molecule has 3 aromatic rings. The molecular weight excluding hydrogens is 346 g/mol. The van der Waals surface area contributed by atoms with E-state index < -0.39 is 0 Å². The maximum Gasteiger partial charge on any atom is 0.159 e. The number of hydrogen-bond acceptors (Lipinski definition) is 4. The van der Waals surface area contributed by atoms with Crippen molar-refractivity contribution in [1.29, 1.82) is 0 Å². The highest BCUT2D eigenvalue weighted by Gasteiger charge is 2.43. The second kappa shape index (κ2) is 7.13. The molecule has 1 aliphatic heterocycles. The van der Waals surface area contributed by atoms with E-state index in [1.807, 2.05) is 18.5 Å². The van der Waals surface area contributed by atoms with Crippen LogP contribution in [0.2, 0.25) is 0 Å². The Morgan fingerprint density at radius 2 is 2.00 bits per heavy atom. The first kappa shape index (κ1) is 17.6. The summed E-state index contributed by atoms with van der Waals surface area (Å²) in [5.74, 6) is 2.03. The molecule has 144 valence electrons. The molecule has 0 amide bonds. The van der Waals surface area contributed by atoms with Gasteiger partial charge in [0.1, 0.15) is 5.82 Å². The molecule has 28 heavy (non-hydrogen) atoms. The molecule has 2 aliphatic rings. The lowest BCUT2D eigenvalue weighted by Crippen LogP contribution is -2.46. The second-order valence-corrected chi connectivity index (χ2v) is 8.30. The van der Waals surface area contributed by atoms with Gasteiger partial charge in [-0.15, -0.1) is 0 Å². The Balaban J connectivity index is 1.38. The molecule has 1 aliphatic carbocycles. The molecule has 1 saturated heterocycles. The summed E-state index contributed by atoms with van der Waals surface area (Å²) in [4.78, 5) is 16.9. The van der Waals surface area contributed by atoms with Crippen LogP contribution in [0.4, 0.5) is 0 Å². The normalized spacial score (nSPS) is 21.9. The van der Waals surface area contributed by atoms with Gasteiger partial charge in [-0.2, -0.15) is 0 Å². The van der Waals surface area contributed by atoms with Gasteiger partial charge in [0.25, 0.3) is 0 Å². The fourth-order valence-electron chi connectivity index (χ4n) is 4.98. The minimum absolute atomic E-state index is 0.196. The van der Waals surface area contributed by atoms with Crippen LogP contribution in [0.25, 0.3) is 11.4 Å². The van der Waals surface area contributed by atoms with Crippen molar-refractivity contribution in [3.05, 3.63) is 66.0 Å². The number of aryl methyl sites for hydroxylation is 2. The van der Waals surface area contributed by atoms with Crippen LogP contribution in [0.3, 0.4) is 0 Å². The summed E-state index contributed by atoms with van der Waals surface area (Å²) in [6.45, 7) is 3.35. The largest absolute Gasteiger partial charge is 0.338 e. The van der Waals surface area contributed by atoms with Crippen molar-refractivity contribution in [2.45, 2.75) is 37.5 Å². The molecule has 1 spiro atoms. The van der Waals surface area contributed by atoms with Gasteiger partial charge < -0.3 is 9.47 Å². The summed E-state index contributed by atoms with van der Waals surface area (Å²) in [6, 6.07) is 10.4. The third kappa shape index (κ3) is 3.14. The lowest BCUT2D eigenvalue weighted by atomic mass is 9.77. The molecule has 0 radical (unpaired) electrons. The molecule has 0 bridgehead atoms. The molecule has 5 heteroatoms. The predicted octanol–water partition coefficient (Wildman–Crippen LogP) is 3.40. The highest BCUT2D eigenvalue weighted by atomic mass is 15.2. The fraction of sp³-hybridized carbons (Fsp3) is 0.435. The quantitative estimate of drug-likeness (QED) is 0.703. The van der Waals surface area contributed by atoms with Gasteiger partial charge in [-0.25, -0.2) is 15.0 Å². The first-order valence-corrected chi connectivity index (χ1v) is 10.3. The molecule has 1 unspecified atom stereocenters. The summed E-state index contributed by atoms with van der Waals surface area (Å²) < 4.78 is 2.13. The summed E-state index contributed by atoms with van der Waals surface area (Å²) in [5, 5.41) is 0. The van der Waals surface area contributed by atoms with Crippen LogP contribution in [0.15, 0.2) is 48.9 Å². The van der Waals surface area contributed by atoms with E-state index in [0.29, 0.717) is 0 Å². The van der Waals surface area contributed by atoms with Crippen molar-refractivity contribution in [2.24, 2.45) is 7.05 Å². The van der Waals surface area contributed by atoms with Gasteiger partial charge in [0, 0.05) is 56.1 Å². The van der Waals surface area contributed by atoms with Crippen molar-refractivity contribution < 1.29 is 0 Å². The maximum atomic E-state index is 5.10. The van der Waals surface area contributed by atoms with Crippen LogP contribution in [-0.4, -0.2) is 44.1 Å². The molecule has 0 saturated carbocycles. The van der Waals surface area contributed by atoms with Crippen LogP contribution in [0, 0.1) is 0 Å². The van der Waals surface area contributed by atoms with Gasteiger partial charge >= 0.3 is 0 Å². The summed E-state index contributed by atoms with van der Waals surface area (Å²) in [7, 11) is 2.08. The average Bonchev–Trinajstić information content (AvgIpc) is 3.31. The van der Waals surface area contributed by atoms with Crippen LogP contribution in [-0.2, 0) is 25.3 Å². The Labute approximate surface area is 166 Å². The van der Waals surface area contributed by atoms with E-state index in [4.69, 9.17) is 4.98 Å². The minimum atomic E-state index is 0.196. The fourth-order valence-corrected chi connectivity index (χ4v) is 4.98. The van der Waals surface area contributed by atoms with E-state index in [1.165, 1.54) is 42.9 Å². The first-order valence-electron chi connectivity index (χ1n) is 10.3. The van der Waals surface area contributed by atoms with Crippen molar-refractivity contribution in [2.75, 3.05) is 19.6 Å². The Morgan fingerprint density at radius 1 is 1.11 bits per heavy atom. The van der Waals surface area contributed by atoms with E-state index >= 15 is 0 Å². The molecular formula is C23H27N5. The Hall–Kier alpha value is -2.53. The molecule has 0 N–H and O–H groups in total. The van der Waals surface area contributed by atoms with Gasteiger partial charge in [0.05, 0.1) is 5.69 Å². The molecule has 1 atom stereocenters. The Kier molecular flexibility index (Phi) is 4.47. The number of likely N-dealkylation sites (tertiary alicyclic amines) is 1. The number of imidazole rings is 1. The van der Waals surface area contributed by atoms with Crippen LogP contribution >= 0.6 is 0 Å². The van der Waals surface area contributed by atoms with E-state index in [2.05, 4.69) is 56.9 Å². The van der Waals surface area contributed by atoms with Crippen molar-refractivity contribution >= 4 is 0 Å².